The molecule has 1 heterocycles. The number of nitrogens with zero attached hydrogens (tertiary/aromatic N) is 1. The molecule has 0 saturated carbocycles. The summed E-state index contributed by atoms with van der Waals surface area (Å²) in [6, 6.07) is 13.4. The zero-order valence-corrected chi connectivity index (χ0v) is 17.0. The minimum absolute atomic E-state index is 0. The van der Waals surface area contributed by atoms with Crippen LogP contribution in [0.25, 0.3) is 10.8 Å². The molecule has 1 fully saturated rings. The lowest BCUT2D eigenvalue weighted by Crippen LogP contribution is -2.45. The van der Waals surface area contributed by atoms with Crippen molar-refractivity contribution in [3.8, 4) is 5.75 Å². The fourth-order valence-electron chi connectivity index (χ4n) is 3.69. The van der Waals surface area contributed by atoms with Crippen molar-refractivity contribution >= 4 is 35.6 Å². The summed E-state index contributed by atoms with van der Waals surface area (Å²) in [6.07, 6.45) is 1.16. The molecule has 1 aliphatic rings. The number of halogens is 2. The Balaban J connectivity index is 0.00000156. The molecule has 0 amide bonds. The molecule has 25 heavy (non-hydrogen) atoms. The number of hydrogen-bond donors (Lipinski definition) is 1. The highest BCUT2D eigenvalue weighted by Crippen LogP contribution is 2.39. The summed E-state index contributed by atoms with van der Waals surface area (Å²) in [4.78, 5) is 2.63. The normalized spacial score (nSPS) is 16.2. The van der Waals surface area contributed by atoms with Crippen molar-refractivity contribution in [1.29, 1.82) is 0 Å². The molecule has 0 aliphatic carbocycles. The van der Waals surface area contributed by atoms with Crippen molar-refractivity contribution in [3.63, 3.8) is 0 Å². The number of hydrogen-bond acceptors (Lipinski definition) is 3. The molecule has 1 atom stereocenters. The van der Waals surface area contributed by atoms with E-state index in [0.717, 1.165) is 38.3 Å². The van der Waals surface area contributed by atoms with Gasteiger partial charge in [-0.1, -0.05) is 44.2 Å². The fourth-order valence-corrected chi connectivity index (χ4v) is 3.69. The average molecular weight is 385 g/mol. The molecule has 3 nitrogen and oxygen atoms in total. The average Bonchev–Trinajstić information content (AvgIpc) is 2.59. The molecule has 1 saturated heterocycles. The monoisotopic (exact) mass is 384 g/mol. The highest BCUT2D eigenvalue weighted by Gasteiger charge is 2.27. The van der Waals surface area contributed by atoms with Crippen molar-refractivity contribution in [1.82, 2.24) is 10.2 Å². The lowest BCUT2D eigenvalue weighted by molar-refractivity contribution is 0.152. The second-order valence-corrected chi connectivity index (χ2v) is 6.83. The van der Waals surface area contributed by atoms with Gasteiger partial charge in [0.15, 0.2) is 0 Å². The van der Waals surface area contributed by atoms with Gasteiger partial charge in [0.25, 0.3) is 0 Å². The van der Waals surface area contributed by atoms with E-state index >= 15 is 0 Å². The van der Waals surface area contributed by atoms with Gasteiger partial charge in [-0.25, -0.2) is 0 Å². The molecule has 0 bridgehead atoms. The van der Waals surface area contributed by atoms with E-state index in [1.54, 1.807) is 7.11 Å². The van der Waals surface area contributed by atoms with Crippen LogP contribution in [0, 0.1) is 5.92 Å². The highest BCUT2D eigenvalue weighted by atomic mass is 35.5. The molecule has 5 heteroatoms. The standard InChI is InChI=1S/C20H28N2O.2ClH/c1-15(2)14-18(22-12-10-21-11-13-22)20-17-7-5-4-6-16(17)8-9-19(20)23-3;;/h4-9,15,18,21H,10-14H2,1-3H3;2*1H/t18-;;/m0../s1. The first kappa shape index (κ1) is 22.0. The van der Waals surface area contributed by atoms with Gasteiger partial charge in [0.05, 0.1) is 7.11 Å². The van der Waals surface area contributed by atoms with Crippen molar-refractivity contribution in [2.45, 2.75) is 26.3 Å². The minimum Gasteiger partial charge on any atom is -0.496 e. The molecule has 1 N–H and O–H groups in total. The first-order chi connectivity index (χ1) is 11.2. The Morgan fingerprint density at radius 2 is 1.72 bits per heavy atom. The Morgan fingerprint density at radius 3 is 2.36 bits per heavy atom. The third kappa shape index (κ3) is 5.01. The zero-order chi connectivity index (χ0) is 16.2. The summed E-state index contributed by atoms with van der Waals surface area (Å²) in [5, 5.41) is 6.10. The maximum absolute atomic E-state index is 5.76. The lowest BCUT2D eigenvalue weighted by atomic mass is 9.90. The predicted molar refractivity (Wildman–Crippen MR) is 112 cm³/mol. The SMILES string of the molecule is COc1ccc2ccccc2c1[C@H](CC(C)C)N1CCNCC1.Cl.Cl. The third-order valence-corrected chi connectivity index (χ3v) is 4.77. The van der Waals surface area contributed by atoms with E-state index in [2.05, 4.69) is 60.5 Å². The molecular formula is C20H30Cl2N2O. The summed E-state index contributed by atoms with van der Waals surface area (Å²) >= 11 is 0. The van der Waals surface area contributed by atoms with Crippen molar-refractivity contribution < 1.29 is 4.74 Å². The van der Waals surface area contributed by atoms with Gasteiger partial charge in [0.1, 0.15) is 5.75 Å². The number of rotatable bonds is 5. The largest absolute Gasteiger partial charge is 0.496 e. The number of fused-ring (bicyclic) bond motifs is 1. The maximum Gasteiger partial charge on any atom is 0.124 e. The van der Waals surface area contributed by atoms with Crippen LogP contribution in [0.4, 0.5) is 0 Å². The Morgan fingerprint density at radius 1 is 1.04 bits per heavy atom. The molecule has 0 spiro atoms. The molecule has 2 aromatic carbocycles. The van der Waals surface area contributed by atoms with Crippen molar-refractivity contribution in [2.75, 3.05) is 33.3 Å². The van der Waals surface area contributed by atoms with Gasteiger partial charge in [0.2, 0.25) is 0 Å². The molecule has 0 unspecified atom stereocenters. The Bertz CT molecular complexity index is 657. The molecule has 1 aliphatic heterocycles. The first-order valence-corrected chi connectivity index (χ1v) is 8.71. The van der Waals surface area contributed by atoms with E-state index in [9.17, 15) is 0 Å². The second-order valence-electron chi connectivity index (χ2n) is 6.83. The summed E-state index contributed by atoms with van der Waals surface area (Å²) in [7, 11) is 1.79. The topological polar surface area (TPSA) is 24.5 Å². The maximum atomic E-state index is 5.76. The van der Waals surface area contributed by atoms with Gasteiger partial charge < -0.3 is 10.1 Å². The number of nitrogens with one attached hydrogen (secondary N) is 1. The minimum atomic E-state index is 0. The summed E-state index contributed by atoms with van der Waals surface area (Å²) < 4.78 is 5.76. The predicted octanol–water partition coefficient (Wildman–Crippen LogP) is 4.68. The van der Waals surface area contributed by atoms with Gasteiger partial charge in [-0.3, -0.25) is 4.90 Å². The van der Waals surface area contributed by atoms with E-state index in [0.29, 0.717) is 12.0 Å². The van der Waals surface area contributed by atoms with Crippen molar-refractivity contribution in [2.24, 2.45) is 5.92 Å². The summed E-state index contributed by atoms with van der Waals surface area (Å²) in [5.74, 6) is 1.67. The van der Waals surface area contributed by atoms with E-state index in [4.69, 9.17) is 4.74 Å². The molecular weight excluding hydrogens is 355 g/mol. The van der Waals surface area contributed by atoms with Gasteiger partial charge in [-0.15, -0.1) is 24.8 Å². The van der Waals surface area contributed by atoms with E-state index in [1.807, 2.05) is 0 Å². The van der Waals surface area contributed by atoms with Gasteiger partial charge in [-0.05, 0) is 29.2 Å². The number of methoxy groups -OCH3 is 1. The number of piperazine rings is 1. The van der Waals surface area contributed by atoms with Crippen LogP contribution in [0.5, 0.6) is 5.75 Å². The smallest absolute Gasteiger partial charge is 0.124 e. The molecule has 140 valence electrons. The van der Waals surface area contributed by atoms with Crippen LogP contribution in [-0.4, -0.2) is 38.2 Å². The third-order valence-electron chi connectivity index (χ3n) is 4.77. The zero-order valence-electron chi connectivity index (χ0n) is 15.3. The fraction of sp³-hybridized carbons (Fsp3) is 0.500. The van der Waals surface area contributed by atoms with Crippen LogP contribution in [0.1, 0.15) is 31.9 Å². The van der Waals surface area contributed by atoms with Crippen LogP contribution in [0.15, 0.2) is 36.4 Å². The van der Waals surface area contributed by atoms with Crippen LogP contribution >= 0.6 is 24.8 Å². The number of benzene rings is 2. The summed E-state index contributed by atoms with van der Waals surface area (Å²) in [5.41, 5.74) is 1.36. The highest BCUT2D eigenvalue weighted by molar-refractivity contribution is 5.88. The molecule has 2 aromatic rings. The first-order valence-electron chi connectivity index (χ1n) is 8.71. The second kappa shape index (κ2) is 10.2. The van der Waals surface area contributed by atoms with E-state index in [1.165, 1.54) is 16.3 Å². The molecule has 0 aromatic heterocycles. The van der Waals surface area contributed by atoms with E-state index in [-0.39, 0.29) is 24.8 Å². The van der Waals surface area contributed by atoms with Crippen LogP contribution in [0.2, 0.25) is 0 Å². The Hall–Kier alpha value is -1.00. The summed E-state index contributed by atoms with van der Waals surface area (Å²) in [6.45, 7) is 8.97. The molecule has 0 radical (unpaired) electrons. The quantitative estimate of drug-likeness (QED) is 0.809. The van der Waals surface area contributed by atoms with Gasteiger partial charge in [-0.2, -0.15) is 0 Å². The number of ether oxygens (including phenoxy) is 1. The van der Waals surface area contributed by atoms with Crippen LogP contribution in [-0.2, 0) is 0 Å². The molecule has 3 rings (SSSR count). The Labute approximate surface area is 163 Å². The van der Waals surface area contributed by atoms with Gasteiger partial charge >= 0.3 is 0 Å². The van der Waals surface area contributed by atoms with Crippen LogP contribution < -0.4 is 10.1 Å². The van der Waals surface area contributed by atoms with Crippen molar-refractivity contribution in [3.05, 3.63) is 42.0 Å². The van der Waals surface area contributed by atoms with Gasteiger partial charge in [0, 0.05) is 37.8 Å². The van der Waals surface area contributed by atoms with E-state index < -0.39 is 0 Å². The van der Waals surface area contributed by atoms with Crippen LogP contribution in [0.3, 0.4) is 0 Å². The lowest BCUT2D eigenvalue weighted by Gasteiger charge is -2.37. The Kier molecular flexibility index (Phi) is 9.01.